The molecule has 0 spiro atoms. The molecule has 10 heteroatoms. The summed E-state index contributed by atoms with van der Waals surface area (Å²) in [6, 6.07) is 6.49. The Kier molecular flexibility index (Phi) is 5.80. The molecule has 0 atom stereocenters. The highest BCUT2D eigenvalue weighted by atomic mass is 32.1. The number of carbonyl (C=O) groups is 3. The molecule has 0 unspecified atom stereocenters. The number of thiophene rings is 1. The number of ether oxygens (including phenoxy) is 1. The lowest BCUT2D eigenvalue weighted by atomic mass is 10.1. The van der Waals surface area contributed by atoms with Crippen LogP contribution in [0.1, 0.15) is 20.8 Å². The molecule has 3 rings (SSSR count). The maximum absolute atomic E-state index is 12.2. The van der Waals surface area contributed by atoms with E-state index in [9.17, 15) is 14.4 Å². The maximum atomic E-state index is 12.2. The molecule has 0 saturated carbocycles. The minimum Gasteiger partial charge on any atom is -0.451 e. The Bertz CT molecular complexity index is 1010. The Morgan fingerprint density at radius 2 is 2.04 bits per heavy atom. The molecule has 0 bridgehead atoms. The van der Waals surface area contributed by atoms with Crippen molar-refractivity contribution >= 4 is 34.9 Å². The van der Waals surface area contributed by atoms with Crippen molar-refractivity contribution in [1.82, 2.24) is 20.3 Å². The van der Waals surface area contributed by atoms with Gasteiger partial charge in [0.1, 0.15) is 4.88 Å². The molecule has 0 aliphatic carbocycles. The minimum absolute atomic E-state index is 0.276. The minimum atomic E-state index is -0.741. The lowest BCUT2D eigenvalue weighted by Crippen LogP contribution is -2.37. The number of amides is 3. The van der Waals surface area contributed by atoms with Crippen LogP contribution in [0.15, 0.2) is 42.0 Å². The molecule has 1 aromatic carbocycles. The summed E-state index contributed by atoms with van der Waals surface area (Å²) in [5, 5.41) is 13.9. The van der Waals surface area contributed by atoms with Crippen LogP contribution in [0.2, 0.25) is 0 Å². The third-order valence-electron chi connectivity index (χ3n) is 3.72. The van der Waals surface area contributed by atoms with E-state index in [1.807, 2.05) is 26.0 Å². The molecule has 3 amide bonds. The second-order valence-electron chi connectivity index (χ2n) is 5.88. The summed E-state index contributed by atoms with van der Waals surface area (Å²) in [5.41, 5.74) is 3.02. The molecular weight excluding hydrogens is 382 g/mol. The van der Waals surface area contributed by atoms with Crippen molar-refractivity contribution in [3.63, 3.8) is 0 Å². The zero-order valence-electron chi connectivity index (χ0n) is 15.1. The number of benzene rings is 1. The van der Waals surface area contributed by atoms with Crippen LogP contribution in [0, 0.1) is 13.8 Å². The maximum Gasteiger partial charge on any atom is 0.351 e. The van der Waals surface area contributed by atoms with Gasteiger partial charge in [-0.1, -0.05) is 22.9 Å². The largest absolute Gasteiger partial charge is 0.451 e. The van der Waals surface area contributed by atoms with E-state index in [-0.39, 0.29) is 4.88 Å². The van der Waals surface area contributed by atoms with Gasteiger partial charge in [-0.05, 0) is 36.9 Å². The predicted octanol–water partition coefficient (Wildman–Crippen LogP) is 2.45. The molecule has 2 aromatic heterocycles. The summed E-state index contributed by atoms with van der Waals surface area (Å²) in [6.07, 6.45) is 3.07. The standard InChI is InChI=1S/C18H17N5O4S/c1-11-3-4-13(12(2)9-11)20-18(26)21-15(24)10-27-17(25)16-14(5-8-28-16)23-7-6-19-22-23/h3-9H,10H2,1-2H3,(H2,20,21,24,26). The van der Waals surface area contributed by atoms with E-state index < -0.39 is 24.5 Å². The van der Waals surface area contributed by atoms with Crippen molar-refractivity contribution in [2.45, 2.75) is 13.8 Å². The molecule has 0 fully saturated rings. The molecule has 0 aliphatic rings. The van der Waals surface area contributed by atoms with E-state index in [4.69, 9.17) is 4.74 Å². The lowest BCUT2D eigenvalue weighted by molar-refractivity contribution is -0.123. The Balaban J connectivity index is 1.52. The summed E-state index contributed by atoms with van der Waals surface area (Å²) in [4.78, 5) is 36.3. The number of urea groups is 1. The van der Waals surface area contributed by atoms with Gasteiger partial charge in [-0.3, -0.25) is 10.1 Å². The fourth-order valence-corrected chi connectivity index (χ4v) is 3.21. The van der Waals surface area contributed by atoms with Gasteiger partial charge >= 0.3 is 12.0 Å². The van der Waals surface area contributed by atoms with Gasteiger partial charge in [0, 0.05) is 5.69 Å². The first-order chi connectivity index (χ1) is 13.4. The summed E-state index contributed by atoms with van der Waals surface area (Å²) in [5.74, 6) is -1.43. The first kappa shape index (κ1) is 19.2. The smallest absolute Gasteiger partial charge is 0.351 e. The van der Waals surface area contributed by atoms with Gasteiger partial charge in [-0.2, -0.15) is 0 Å². The lowest BCUT2D eigenvalue weighted by Gasteiger charge is -2.10. The number of nitrogens with zero attached hydrogens (tertiary/aromatic N) is 3. The summed E-state index contributed by atoms with van der Waals surface area (Å²) < 4.78 is 6.42. The number of aromatic nitrogens is 3. The van der Waals surface area contributed by atoms with Crippen LogP contribution >= 0.6 is 11.3 Å². The summed E-state index contributed by atoms with van der Waals surface area (Å²) >= 11 is 1.15. The van der Waals surface area contributed by atoms with E-state index in [2.05, 4.69) is 20.9 Å². The monoisotopic (exact) mass is 399 g/mol. The average Bonchev–Trinajstić information content (AvgIpc) is 3.33. The third kappa shape index (κ3) is 4.60. The van der Waals surface area contributed by atoms with Crippen LogP contribution in [0.3, 0.4) is 0 Å². The Labute approximate surface area is 164 Å². The second-order valence-corrected chi connectivity index (χ2v) is 6.80. The van der Waals surface area contributed by atoms with Crippen molar-refractivity contribution in [3.05, 3.63) is 58.0 Å². The number of carbonyl (C=O) groups excluding carboxylic acids is 3. The topological polar surface area (TPSA) is 115 Å². The highest BCUT2D eigenvalue weighted by Gasteiger charge is 2.18. The Morgan fingerprint density at radius 1 is 1.21 bits per heavy atom. The van der Waals surface area contributed by atoms with E-state index in [0.29, 0.717) is 11.4 Å². The fourth-order valence-electron chi connectivity index (χ4n) is 2.44. The molecule has 9 nitrogen and oxygen atoms in total. The van der Waals surface area contributed by atoms with E-state index in [1.54, 1.807) is 23.7 Å². The van der Waals surface area contributed by atoms with Crippen LogP contribution in [-0.2, 0) is 9.53 Å². The van der Waals surface area contributed by atoms with Crippen LogP contribution in [-0.4, -0.2) is 39.5 Å². The second kappa shape index (κ2) is 8.44. The van der Waals surface area contributed by atoms with Gasteiger partial charge in [0.2, 0.25) is 0 Å². The molecule has 144 valence electrons. The van der Waals surface area contributed by atoms with Crippen LogP contribution in [0.25, 0.3) is 5.69 Å². The number of aryl methyl sites for hydroxylation is 2. The van der Waals surface area contributed by atoms with Crippen molar-refractivity contribution < 1.29 is 19.1 Å². The van der Waals surface area contributed by atoms with Crippen molar-refractivity contribution in [2.75, 3.05) is 11.9 Å². The van der Waals surface area contributed by atoms with Gasteiger partial charge in [0.05, 0.1) is 18.1 Å². The number of rotatable bonds is 5. The fraction of sp³-hybridized carbons (Fsp3) is 0.167. The number of hydrogen-bond acceptors (Lipinski definition) is 7. The van der Waals surface area contributed by atoms with Crippen molar-refractivity contribution in [3.8, 4) is 5.69 Å². The number of anilines is 1. The molecule has 0 radical (unpaired) electrons. The average molecular weight is 399 g/mol. The van der Waals surface area contributed by atoms with E-state index in [1.165, 1.54) is 10.9 Å². The molecular formula is C18H17N5O4S. The molecule has 0 aliphatic heterocycles. The first-order valence-electron chi connectivity index (χ1n) is 8.23. The van der Waals surface area contributed by atoms with Crippen LogP contribution < -0.4 is 10.6 Å². The zero-order chi connectivity index (χ0) is 20.1. The normalized spacial score (nSPS) is 10.4. The number of nitrogens with one attached hydrogen (secondary N) is 2. The third-order valence-corrected chi connectivity index (χ3v) is 4.60. The molecule has 28 heavy (non-hydrogen) atoms. The molecule has 0 saturated heterocycles. The highest BCUT2D eigenvalue weighted by molar-refractivity contribution is 7.12. The Morgan fingerprint density at radius 3 is 2.75 bits per heavy atom. The van der Waals surface area contributed by atoms with Crippen molar-refractivity contribution in [1.29, 1.82) is 0 Å². The number of esters is 1. The van der Waals surface area contributed by atoms with Crippen LogP contribution in [0.5, 0.6) is 0 Å². The van der Waals surface area contributed by atoms with Crippen molar-refractivity contribution in [2.24, 2.45) is 0 Å². The van der Waals surface area contributed by atoms with E-state index in [0.717, 1.165) is 22.5 Å². The first-order valence-corrected chi connectivity index (χ1v) is 9.11. The molecule has 2 heterocycles. The summed E-state index contributed by atoms with van der Waals surface area (Å²) in [6.45, 7) is 3.20. The molecule has 2 N–H and O–H groups in total. The predicted molar refractivity (Wildman–Crippen MR) is 103 cm³/mol. The van der Waals surface area contributed by atoms with Gasteiger partial charge in [-0.15, -0.1) is 16.4 Å². The quantitative estimate of drug-likeness (QED) is 0.637. The molecule has 3 aromatic rings. The van der Waals surface area contributed by atoms with Gasteiger partial charge < -0.3 is 10.1 Å². The van der Waals surface area contributed by atoms with Gasteiger partial charge in [0.15, 0.2) is 6.61 Å². The number of hydrogen-bond donors (Lipinski definition) is 2. The van der Waals surface area contributed by atoms with Crippen LogP contribution in [0.4, 0.5) is 10.5 Å². The number of imide groups is 1. The van der Waals surface area contributed by atoms with E-state index >= 15 is 0 Å². The summed E-state index contributed by atoms with van der Waals surface area (Å²) in [7, 11) is 0. The van der Waals surface area contributed by atoms with Gasteiger partial charge in [0.25, 0.3) is 5.91 Å². The highest BCUT2D eigenvalue weighted by Crippen LogP contribution is 2.21. The Hall–Kier alpha value is -3.53. The SMILES string of the molecule is Cc1ccc(NC(=O)NC(=O)COC(=O)c2sccc2-n2ccnn2)c(C)c1. The van der Waals surface area contributed by atoms with Gasteiger partial charge in [-0.25, -0.2) is 14.3 Å². The zero-order valence-corrected chi connectivity index (χ0v) is 15.9.